The third-order valence-electron chi connectivity index (χ3n) is 3.71. The number of hydrogen-bond donors (Lipinski definition) is 2. The third kappa shape index (κ3) is 4.21. The van der Waals surface area contributed by atoms with Gasteiger partial charge in [-0.1, -0.05) is 0 Å². The Labute approximate surface area is 155 Å². The predicted molar refractivity (Wildman–Crippen MR) is 101 cm³/mol. The number of rotatable bonds is 7. The monoisotopic (exact) mass is 367 g/mol. The number of nitrogens with zero attached hydrogens (tertiary/aromatic N) is 3. The van der Waals surface area contributed by atoms with Crippen LogP contribution in [0.15, 0.2) is 54.9 Å². The topological polar surface area (TPSA) is 111 Å². The van der Waals surface area contributed by atoms with E-state index < -0.39 is 4.92 Å². The lowest BCUT2D eigenvalue weighted by Gasteiger charge is -2.11. The first kappa shape index (κ1) is 17.9. The Kier molecular flexibility index (Phi) is 5.31. The van der Waals surface area contributed by atoms with Crippen LogP contribution in [0.1, 0.15) is 0 Å². The quantitative estimate of drug-likeness (QED) is 0.478. The lowest BCUT2D eigenvalue weighted by molar-refractivity contribution is -0.383. The number of aromatic nitrogens is 2. The van der Waals surface area contributed by atoms with Crippen LogP contribution in [0.4, 0.5) is 28.7 Å². The molecule has 9 heteroatoms. The van der Waals surface area contributed by atoms with Crippen molar-refractivity contribution < 1.29 is 14.4 Å². The minimum Gasteiger partial charge on any atom is -0.497 e. The molecule has 0 saturated heterocycles. The summed E-state index contributed by atoms with van der Waals surface area (Å²) in [5.41, 5.74) is 1.00. The second-order valence-electron chi connectivity index (χ2n) is 5.38. The highest BCUT2D eigenvalue weighted by molar-refractivity contribution is 5.76. The van der Waals surface area contributed by atoms with E-state index >= 15 is 0 Å². The van der Waals surface area contributed by atoms with Crippen molar-refractivity contribution in [1.82, 2.24) is 9.97 Å². The van der Waals surface area contributed by atoms with E-state index in [0.29, 0.717) is 22.9 Å². The summed E-state index contributed by atoms with van der Waals surface area (Å²) in [6.07, 6.45) is 1.25. The Hall–Kier alpha value is -3.88. The fourth-order valence-electron chi connectivity index (χ4n) is 2.36. The Morgan fingerprint density at radius 2 is 1.22 bits per heavy atom. The molecule has 1 aromatic heterocycles. The Balaban J connectivity index is 1.90. The first-order valence-electron chi connectivity index (χ1n) is 7.92. The molecule has 0 bridgehead atoms. The number of hydrogen-bond acceptors (Lipinski definition) is 8. The normalized spacial score (nSPS) is 10.1. The van der Waals surface area contributed by atoms with Gasteiger partial charge in [0, 0.05) is 11.4 Å². The highest BCUT2D eigenvalue weighted by Crippen LogP contribution is 2.33. The lowest BCUT2D eigenvalue weighted by Crippen LogP contribution is -2.05. The van der Waals surface area contributed by atoms with Gasteiger partial charge in [-0.15, -0.1) is 0 Å². The second-order valence-corrected chi connectivity index (χ2v) is 5.38. The first-order valence-corrected chi connectivity index (χ1v) is 7.92. The average Bonchev–Trinajstić information content (AvgIpc) is 2.69. The van der Waals surface area contributed by atoms with Gasteiger partial charge in [0.2, 0.25) is 11.6 Å². The molecule has 9 nitrogen and oxygen atoms in total. The second kappa shape index (κ2) is 8.00. The molecule has 0 amide bonds. The molecule has 3 rings (SSSR count). The Morgan fingerprint density at radius 1 is 0.815 bits per heavy atom. The summed E-state index contributed by atoms with van der Waals surface area (Å²) >= 11 is 0. The lowest BCUT2D eigenvalue weighted by atomic mass is 10.3. The summed E-state index contributed by atoms with van der Waals surface area (Å²) in [4.78, 5) is 19.1. The average molecular weight is 367 g/mol. The molecule has 0 radical (unpaired) electrons. The largest absolute Gasteiger partial charge is 0.497 e. The van der Waals surface area contributed by atoms with Gasteiger partial charge in [0.15, 0.2) is 0 Å². The van der Waals surface area contributed by atoms with Gasteiger partial charge < -0.3 is 20.1 Å². The number of nitro groups is 1. The zero-order valence-electron chi connectivity index (χ0n) is 14.7. The standard InChI is InChI=1S/C18H17N5O4/c1-26-14-7-3-12(4-8-14)21-17-16(23(24)25)18(20-11-19-17)22-13-5-9-15(27-2)10-6-13/h3-11H,1-2H3,(H2,19,20,21,22). The highest BCUT2D eigenvalue weighted by atomic mass is 16.6. The summed E-state index contributed by atoms with van der Waals surface area (Å²) in [5, 5.41) is 17.5. The van der Waals surface area contributed by atoms with Crippen molar-refractivity contribution in [2.24, 2.45) is 0 Å². The number of nitrogens with one attached hydrogen (secondary N) is 2. The third-order valence-corrected chi connectivity index (χ3v) is 3.71. The van der Waals surface area contributed by atoms with Crippen molar-refractivity contribution in [3.63, 3.8) is 0 Å². The molecule has 0 fully saturated rings. The molecule has 0 aliphatic carbocycles. The maximum Gasteiger partial charge on any atom is 0.353 e. The van der Waals surface area contributed by atoms with Crippen LogP contribution in [0.5, 0.6) is 11.5 Å². The molecule has 0 atom stereocenters. The van der Waals surface area contributed by atoms with Crippen LogP contribution in [0.2, 0.25) is 0 Å². The van der Waals surface area contributed by atoms with Crippen molar-refractivity contribution in [2.75, 3.05) is 24.9 Å². The minimum atomic E-state index is -0.530. The van der Waals surface area contributed by atoms with Gasteiger partial charge in [-0.3, -0.25) is 10.1 Å². The molecule has 27 heavy (non-hydrogen) atoms. The zero-order chi connectivity index (χ0) is 19.2. The van der Waals surface area contributed by atoms with Crippen molar-refractivity contribution in [2.45, 2.75) is 0 Å². The van der Waals surface area contributed by atoms with Crippen molar-refractivity contribution >= 4 is 28.7 Å². The molecule has 0 saturated carbocycles. The van der Waals surface area contributed by atoms with Gasteiger partial charge in [-0.05, 0) is 48.5 Å². The van der Waals surface area contributed by atoms with Crippen LogP contribution in [0.25, 0.3) is 0 Å². The molecule has 0 aliphatic rings. The van der Waals surface area contributed by atoms with Crippen molar-refractivity contribution in [3.8, 4) is 11.5 Å². The maximum absolute atomic E-state index is 11.6. The minimum absolute atomic E-state index is 0.0798. The smallest absolute Gasteiger partial charge is 0.353 e. The summed E-state index contributed by atoms with van der Waals surface area (Å²) in [7, 11) is 3.13. The van der Waals surface area contributed by atoms with Gasteiger partial charge in [0.05, 0.1) is 19.1 Å². The maximum atomic E-state index is 11.6. The Morgan fingerprint density at radius 3 is 1.56 bits per heavy atom. The van der Waals surface area contributed by atoms with Gasteiger partial charge in [-0.2, -0.15) is 0 Å². The first-order chi connectivity index (χ1) is 13.1. The summed E-state index contributed by atoms with van der Waals surface area (Å²) in [6, 6.07) is 13.9. The fourth-order valence-corrected chi connectivity index (χ4v) is 2.36. The van der Waals surface area contributed by atoms with Gasteiger partial charge in [-0.25, -0.2) is 9.97 Å². The van der Waals surface area contributed by atoms with Gasteiger partial charge in [0.25, 0.3) is 0 Å². The fraction of sp³-hybridized carbons (Fsp3) is 0.111. The van der Waals surface area contributed by atoms with E-state index in [1.165, 1.54) is 6.33 Å². The van der Waals surface area contributed by atoms with Gasteiger partial charge in [0.1, 0.15) is 17.8 Å². The van der Waals surface area contributed by atoms with E-state index in [9.17, 15) is 10.1 Å². The molecule has 2 N–H and O–H groups in total. The van der Waals surface area contributed by atoms with Crippen molar-refractivity contribution in [1.29, 1.82) is 0 Å². The number of ether oxygens (including phenoxy) is 2. The molecule has 0 spiro atoms. The zero-order valence-corrected chi connectivity index (χ0v) is 14.7. The molecule has 1 heterocycles. The number of benzene rings is 2. The van der Waals surface area contributed by atoms with Crippen LogP contribution < -0.4 is 20.1 Å². The Bertz CT molecular complexity index is 862. The number of methoxy groups -OCH3 is 2. The molecule has 2 aromatic carbocycles. The van der Waals surface area contributed by atoms with Crippen LogP contribution in [0.3, 0.4) is 0 Å². The van der Waals surface area contributed by atoms with E-state index in [-0.39, 0.29) is 17.3 Å². The molecular formula is C18H17N5O4. The molecular weight excluding hydrogens is 350 g/mol. The van der Waals surface area contributed by atoms with Crippen LogP contribution in [0, 0.1) is 10.1 Å². The van der Waals surface area contributed by atoms with E-state index in [1.807, 2.05) is 0 Å². The predicted octanol–water partition coefficient (Wildman–Crippen LogP) is 3.89. The van der Waals surface area contributed by atoms with Crippen LogP contribution in [-0.2, 0) is 0 Å². The van der Waals surface area contributed by atoms with E-state index in [4.69, 9.17) is 9.47 Å². The molecule has 0 unspecified atom stereocenters. The summed E-state index contributed by atoms with van der Waals surface area (Å²) < 4.78 is 10.2. The number of anilines is 4. The van der Waals surface area contributed by atoms with Gasteiger partial charge >= 0.3 is 5.69 Å². The van der Waals surface area contributed by atoms with Crippen LogP contribution in [-0.4, -0.2) is 29.1 Å². The van der Waals surface area contributed by atoms with Crippen molar-refractivity contribution in [3.05, 3.63) is 65.0 Å². The van der Waals surface area contributed by atoms with E-state index in [0.717, 1.165) is 0 Å². The molecule has 138 valence electrons. The summed E-state index contributed by atoms with van der Waals surface area (Å²) in [6.45, 7) is 0. The molecule has 3 aromatic rings. The van der Waals surface area contributed by atoms with Crippen LogP contribution >= 0.6 is 0 Å². The van der Waals surface area contributed by atoms with E-state index in [2.05, 4.69) is 20.6 Å². The highest BCUT2D eigenvalue weighted by Gasteiger charge is 2.23. The SMILES string of the molecule is COc1ccc(Nc2ncnc(Nc3ccc(OC)cc3)c2[N+](=O)[O-])cc1. The van der Waals surface area contributed by atoms with E-state index in [1.54, 1.807) is 62.8 Å². The summed E-state index contributed by atoms with van der Waals surface area (Å²) in [5.74, 6) is 1.52. The molecule has 0 aliphatic heterocycles.